The zero-order chi connectivity index (χ0) is 9.90. The summed E-state index contributed by atoms with van der Waals surface area (Å²) >= 11 is 0. The maximum atomic E-state index is 13.5. The van der Waals surface area contributed by atoms with Gasteiger partial charge >= 0.3 is 0 Å². The number of benzene rings is 1. The summed E-state index contributed by atoms with van der Waals surface area (Å²) in [6.07, 6.45) is 1.40. The fourth-order valence-electron chi connectivity index (χ4n) is 1.12. The van der Waals surface area contributed by atoms with Gasteiger partial charge in [-0.15, -0.1) is 0 Å². The maximum Gasteiger partial charge on any atom is 0.240 e. The normalized spacial score (nSPS) is 10.7. The molecule has 0 saturated carbocycles. The number of rotatable bonds is 2. The molecular weight excluding hydrogens is 169 g/mol. The number of isocyanates is 1. The molecule has 0 aliphatic heterocycles. The lowest BCUT2D eigenvalue weighted by atomic mass is 9.98. The van der Waals surface area contributed by atoms with Gasteiger partial charge in [-0.1, -0.05) is 18.2 Å². The number of alkyl halides is 1. The fourth-order valence-corrected chi connectivity index (χ4v) is 1.12. The van der Waals surface area contributed by atoms with Crippen LogP contribution in [-0.4, -0.2) is 6.08 Å². The van der Waals surface area contributed by atoms with Crippen LogP contribution in [0.2, 0.25) is 0 Å². The Morgan fingerprint density at radius 2 is 2.00 bits per heavy atom. The minimum Gasteiger partial charge on any atom is -0.239 e. The van der Waals surface area contributed by atoms with Crippen LogP contribution < -0.4 is 0 Å². The molecule has 13 heavy (non-hydrogen) atoms. The summed E-state index contributed by atoms with van der Waals surface area (Å²) < 4.78 is 13.5. The number of para-hydroxylation sites is 1. The lowest BCUT2D eigenvalue weighted by Crippen LogP contribution is -2.08. The van der Waals surface area contributed by atoms with Crippen molar-refractivity contribution in [3.05, 3.63) is 29.8 Å². The highest BCUT2D eigenvalue weighted by atomic mass is 19.1. The molecule has 0 aliphatic carbocycles. The van der Waals surface area contributed by atoms with Crippen LogP contribution in [0.1, 0.15) is 19.4 Å². The molecule has 0 aliphatic rings. The van der Waals surface area contributed by atoms with Gasteiger partial charge in [0.25, 0.3) is 0 Å². The molecule has 0 bridgehead atoms. The monoisotopic (exact) mass is 179 g/mol. The van der Waals surface area contributed by atoms with Gasteiger partial charge in [0.05, 0.1) is 5.69 Å². The van der Waals surface area contributed by atoms with Gasteiger partial charge < -0.3 is 0 Å². The van der Waals surface area contributed by atoms with Gasteiger partial charge in [0.15, 0.2) is 0 Å². The highest BCUT2D eigenvalue weighted by Crippen LogP contribution is 2.32. The van der Waals surface area contributed by atoms with Crippen molar-refractivity contribution in [3.8, 4) is 0 Å². The van der Waals surface area contributed by atoms with Crippen molar-refractivity contribution in [1.82, 2.24) is 0 Å². The predicted molar refractivity (Wildman–Crippen MR) is 48.4 cm³/mol. The third kappa shape index (κ3) is 2.23. The standard InChI is InChI=1S/C10H10FNO/c1-10(2,11)8-5-3-4-6-9(8)12-7-13/h3-6H,1-2H3. The number of hydrogen-bond acceptors (Lipinski definition) is 2. The van der Waals surface area contributed by atoms with Crippen LogP contribution in [-0.2, 0) is 10.5 Å². The average Bonchev–Trinajstić information content (AvgIpc) is 2.04. The van der Waals surface area contributed by atoms with Crippen LogP contribution in [0.5, 0.6) is 0 Å². The van der Waals surface area contributed by atoms with E-state index >= 15 is 0 Å². The number of nitrogens with zero attached hydrogens (tertiary/aromatic N) is 1. The van der Waals surface area contributed by atoms with E-state index in [1.807, 2.05) is 0 Å². The van der Waals surface area contributed by atoms with E-state index < -0.39 is 5.67 Å². The Labute approximate surface area is 76.1 Å². The second-order valence-corrected chi connectivity index (χ2v) is 3.19. The molecule has 0 N–H and O–H groups in total. The van der Waals surface area contributed by atoms with Crippen molar-refractivity contribution in [2.75, 3.05) is 0 Å². The third-order valence-electron chi connectivity index (χ3n) is 1.71. The minimum absolute atomic E-state index is 0.338. The highest BCUT2D eigenvalue weighted by molar-refractivity contribution is 5.55. The summed E-state index contributed by atoms with van der Waals surface area (Å²) in [4.78, 5) is 13.5. The van der Waals surface area contributed by atoms with Crippen molar-refractivity contribution >= 4 is 11.8 Å². The topological polar surface area (TPSA) is 29.4 Å². The molecule has 0 amide bonds. The lowest BCUT2D eigenvalue weighted by Gasteiger charge is -2.15. The van der Waals surface area contributed by atoms with E-state index in [0.717, 1.165) is 0 Å². The van der Waals surface area contributed by atoms with Gasteiger partial charge in [0, 0.05) is 5.56 Å². The van der Waals surface area contributed by atoms with Crippen LogP contribution in [0.3, 0.4) is 0 Å². The smallest absolute Gasteiger partial charge is 0.239 e. The molecule has 1 rings (SSSR count). The molecule has 0 radical (unpaired) electrons. The fraction of sp³-hybridized carbons (Fsp3) is 0.300. The van der Waals surface area contributed by atoms with E-state index in [9.17, 15) is 9.18 Å². The summed E-state index contributed by atoms with van der Waals surface area (Å²) in [6.45, 7) is 2.85. The molecular formula is C10H10FNO. The van der Waals surface area contributed by atoms with Gasteiger partial charge in [0.1, 0.15) is 5.67 Å². The zero-order valence-corrected chi connectivity index (χ0v) is 7.54. The number of carbonyl (C=O) groups excluding carboxylic acids is 1. The van der Waals surface area contributed by atoms with Gasteiger partial charge in [-0.05, 0) is 19.9 Å². The average molecular weight is 179 g/mol. The Morgan fingerprint density at radius 1 is 1.38 bits per heavy atom. The van der Waals surface area contributed by atoms with E-state index in [0.29, 0.717) is 11.3 Å². The summed E-state index contributed by atoms with van der Waals surface area (Å²) in [5.41, 5.74) is -0.750. The van der Waals surface area contributed by atoms with Crippen LogP contribution in [0.15, 0.2) is 29.3 Å². The third-order valence-corrected chi connectivity index (χ3v) is 1.71. The first-order valence-corrected chi connectivity index (χ1v) is 3.92. The molecule has 2 nitrogen and oxygen atoms in total. The van der Waals surface area contributed by atoms with E-state index in [1.165, 1.54) is 19.9 Å². The van der Waals surface area contributed by atoms with Gasteiger partial charge in [-0.2, -0.15) is 4.99 Å². The Balaban J connectivity index is 3.27. The second kappa shape index (κ2) is 3.50. The molecule has 0 atom stereocenters. The second-order valence-electron chi connectivity index (χ2n) is 3.19. The highest BCUT2D eigenvalue weighted by Gasteiger charge is 2.21. The number of hydrogen-bond donors (Lipinski definition) is 0. The van der Waals surface area contributed by atoms with Gasteiger partial charge in [-0.3, -0.25) is 0 Å². The molecule has 0 fully saturated rings. The van der Waals surface area contributed by atoms with Crippen molar-refractivity contribution in [2.45, 2.75) is 19.5 Å². The molecule has 1 aromatic carbocycles. The SMILES string of the molecule is CC(C)(F)c1ccccc1N=C=O. The predicted octanol–water partition coefficient (Wildman–Crippen LogP) is 2.86. The molecule has 1 aromatic rings. The van der Waals surface area contributed by atoms with Gasteiger partial charge in [0.2, 0.25) is 6.08 Å². The summed E-state index contributed by atoms with van der Waals surface area (Å²) in [5, 5.41) is 0. The quantitative estimate of drug-likeness (QED) is 0.507. The van der Waals surface area contributed by atoms with E-state index in [1.54, 1.807) is 24.3 Å². The molecule has 68 valence electrons. The first kappa shape index (κ1) is 9.62. The first-order chi connectivity index (χ1) is 6.05. The Bertz CT molecular complexity index is 348. The van der Waals surface area contributed by atoms with Crippen molar-refractivity contribution in [3.63, 3.8) is 0 Å². The zero-order valence-electron chi connectivity index (χ0n) is 7.54. The number of halogens is 1. The Hall–Kier alpha value is -1.47. The maximum absolute atomic E-state index is 13.5. The van der Waals surface area contributed by atoms with Crippen LogP contribution in [0, 0.1) is 0 Å². The number of aliphatic imine (C=N–C) groups is 1. The Morgan fingerprint density at radius 3 is 2.54 bits per heavy atom. The van der Waals surface area contributed by atoms with E-state index in [2.05, 4.69) is 4.99 Å². The van der Waals surface area contributed by atoms with Crippen LogP contribution >= 0.6 is 0 Å². The van der Waals surface area contributed by atoms with Crippen LogP contribution in [0.4, 0.5) is 10.1 Å². The van der Waals surface area contributed by atoms with E-state index in [4.69, 9.17) is 0 Å². The Kier molecular flexibility index (Phi) is 2.59. The minimum atomic E-state index is -1.49. The van der Waals surface area contributed by atoms with E-state index in [-0.39, 0.29) is 0 Å². The van der Waals surface area contributed by atoms with Crippen LogP contribution in [0.25, 0.3) is 0 Å². The lowest BCUT2D eigenvalue weighted by molar-refractivity contribution is 0.222. The molecule has 0 saturated heterocycles. The molecule has 3 heteroatoms. The summed E-state index contributed by atoms with van der Waals surface area (Å²) in [5.74, 6) is 0. The molecule has 0 unspecified atom stereocenters. The van der Waals surface area contributed by atoms with Gasteiger partial charge in [-0.25, -0.2) is 9.18 Å². The molecule has 0 heterocycles. The first-order valence-electron chi connectivity index (χ1n) is 3.92. The summed E-state index contributed by atoms with van der Waals surface area (Å²) in [6, 6.07) is 6.60. The summed E-state index contributed by atoms with van der Waals surface area (Å²) in [7, 11) is 0. The van der Waals surface area contributed by atoms with Crippen molar-refractivity contribution in [2.24, 2.45) is 4.99 Å². The van der Waals surface area contributed by atoms with Crippen molar-refractivity contribution < 1.29 is 9.18 Å². The molecule has 0 spiro atoms. The van der Waals surface area contributed by atoms with Crippen molar-refractivity contribution in [1.29, 1.82) is 0 Å². The largest absolute Gasteiger partial charge is 0.240 e. The molecule has 0 aromatic heterocycles.